The van der Waals surface area contributed by atoms with Gasteiger partial charge < -0.3 is 0 Å². The third-order valence-corrected chi connectivity index (χ3v) is 6.55. The quantitative estimate of drug-likeness (QED) is 0.225. The number of hydrogen-bond acceptors (Lipinski definition) is 0. The van der Waals surface area contributed by atoms with E-state index < -0.39 is 8.80 Å². The normalized spacial score (nSPS) is 9.66. The zero-order valence-electron chi connectivity index (χ0n) is 21.6. The molecule has 0 unspecified atom stereocenters. The molecule has 0 radical (unpaired) electrons. The van der Waals surface area contributed by atoms with Crippen molar-refractivity contribution in [3.63, 3.8) is 0 Å². The minimum absolute atomic E-state index is 0. The second kappa shape index (κ2) is 21.4. The van der Waals surface area contributed by atoms with Crippen molar-refractivity contribution in [1.82, 2.24) is 0 Å². The summed E-state index contributed by atoms with van der Waals surface area (Å²) in [7, 11) is -0.948. The Morgan fingerprint density at radius 3 is 0.688 bits per heavy atom. The van der Waals surface area contributed by atoms with Gasteiger partial charge in [0.25, 0.3) is 0 Å². The Bertz CT molecular complexity index is 650. The Labute approximate surface area is 219 Å². The average Bonchev–Trinajstić information content (AvgIpc) is 2.69. The molecule has 0 atom stereocenters. The van der Waals surface area contributed by atoms with Crippen molar-refractivity contribution < 1.29 is 21.1 Å². The third kappa shape index (κ3) is 19.3. The maximum Gasteiger partial charge on any atom is 0.132 e. The summed E-state index contributed by atoms with van der Waals surface area (Å²) in [6.07, 6.45) is 0. The molecule has 3 aromatic carbocycles. The summed E-state index contributed by atoms with van der Waals surface area (Å²) in [6, 6.07) is 32.7. The molecule has 0 aliphatic heterocycles. The molecule has 0 fully saturated rings. The summed E-state index contributed by atoms with van der Waals surface area (Å²) >= 11 is 0. The molecule has 5 heteroatoms. The first-order chi connectivity index (χ1) is 14.6. The number of rotatable bonds is 3. The average molecular weight is 588 g/mol. The van der Waals surface area contributed by atoms with Gasteiger partial charge in [-0.2, -0.15) is 0 Å². The third-order valence-electron chi connectivity index (χ3n) is 3.40. The van der Waals surface area contributed by atoms with Gasteiger partial charge in [0.1, 0.15) is 8.80 Å². The Kier molecular flexibility index (Phi) is 22.7. The van der Waals surface area contributed by atoms with Crippen LogP contribution >= 0.6 is 23.8 Å². The van der Waals surface area contributed by atoms with Crippen LogP contribution in [0.25, 0.3) is 0 Å². The molecule has 0 aromatic heterocycles. The molecule has 0 spiro atoms. The van der Waals surface area contributed by atoms with E-state index in [0.29, 0.717) is 0 Å². The Balaban J connectivity index is 0. The fourth-order valence-corrected chi connectivity index (χ4v) is 5.49. The van der Waals surface area contributed by atoms with E-state index in [1.165, 1.54) is 15.6 Å². The van der Waals surface area contributed by atoms with E-state index in [2.05, 4.69) is 151 Å². The van der Waals surface area contributed by atoms with Crippen LogP contribution in [-0.4, -0.2) is 68.8 Å². The number of benzene rings is 3. The molecule has 0 saturated heterocycles. The maximum atomic E-state index is 2.27. The van der Waals surface area contributed by atoms with Crippen molar-refractivity contribution >= 4 is 48.1 Å². The van der Waals surface area contributed by atoms with E-state index >= 15 is 0 Å². The van der Waals surface area contributed by atoms with Crippen molar-refractivity contribution in [2.75, 3.05) is 60.0 Å². The summed E-state index contributed by atoms with van der Waals surface area (Å²) in [4.78, 5) is 0. The summed E-state index contributed by atoms with van der Waals surface area (Å²) < 4.78 is 0. The predicted molar refractivity (Wildman–Crippen MR) is 164 cm³/mol. The first-order valence-electron chi connectivity index (χ1n) is 11.1. The van der Waals surface area contributed by atoms with Gasteiger partial charge in [-0.1, -0.05) is 107 Å². The van der Waals surface area contributed by atoms with Crippen molar-refractivity contribution in [3.05, 3.63) is 91.0 Å². The Hall–Kier alpha value is -0.145. The zero-order valence-corrected chi connectivity index (χ0v) is 27.8. The van der Waals surface area contributed by atoms with Crippen LogP contribution in [0, 0.1) is 0 Å². The molecule has 32 heavy (non-hydrogen) atoms. The van der Waals surface area contributed by atoms with Gasteiger partial charge in [0.2, 0.25) is 0 Å². The second-order valence-corrected chi connectivity index (χ2v) is 21.0. The van der Waals surface area contributed by atoms with Gasteiger partial charge in [0.05, 0.1) is 0 Å². The molecule has 0 saturated carbocycles. The molecular weight excluding hydrogens is 541 g/mol. The Morgan fingerprint density at radius 2 is 0.531 bits per heavy atom. The van der Waals surface area contributed by atoms with Crippen LogP contribution in [-0.2, 0) is 21.1 Å². The topological polar surface area (TPSA) is 0 Å². The summed E-state index contributed by atoms with van der Waals surface area (Å²) in [5, 5.41) is 4.42. The molecule has 0 nitrogen and oxygen atoms in total. The van der Waals surface area contributed by atoms with E-state index in [0.717, 1.165) is 0 Å². The van der Waals surface area contributed by atoms with Gasteiger partial charge >= 0.3 is 0 Å². The minimum Gasteiger partial charge on any atom is -0.0625 e. The van der Waals surface area contributed by atoms with E-state index in [1.807, 2.05) is 0 Å². The van der Waals surface area contributed by atoms with Crippen LogP contribution in [0.5, 0.6) is 0 Å². The van der Waals surface area contributed by atoms with Crippen LogP contribution < -0.4 is 15.6 Å². The molecule has 0 bridgehead atoms. The van der Waals surface area contributed by atoms with E-state index in [1.54, 1.807) is 0 Å². The molecule has 0 aliphatic carbocycles. The SMILES string of the molecule is C[PH+](C)C.C[PH+](C)C.C[PH+](C)C.[Mo].c1ccc([SiH](c2ccccc2)c2ccccc2)cc1. The van der Waals surface area contributed by atoms with E-state index in [4.69, 9.17) is 0 Å². The molecular formula is C27H46MoP3Si+3. The summed E-state index contributed by atoms with van der Waals surface area (Å²) in [5.41, 5.74) is 0. The van der Waals surface area contributed by atoms with E-state index in [9.17, 15) is 0 Å². The Morgan fingerprint density at radius 1 is 0.375 bits per heavy atom. The second-order valence-electron chi connectivity index (χ2n) is 9.17. The monoisotopic (exact) mass is 589 g/mol. The van der Waals surface area contributed by atoms with Crippen LogP contribution in [0.15, 0.2) is 91.0 Å². The van der Waals surface area contributed by atoms with E-state index in [-0.39, 0.29) is 44.8 Å². The maximum absolute atomic E-state index is 2.27. The van der Waals surface area contributed by atoms with Gasteiger partial charge in [-0.25, -0.2) is 0 Å². The van der Waals surface area contributed by atoms with Crippen molar-refractivity contribution in [2.45, 2.75) is 0 Å². The zero-order chi connectivity index (χ0) is 23.6. The van der Waals surface area contributed by atoms with Gasteiger partial charge in [0, 0.05) is 81.0 Å². The minimum atomic E-state index is -1.31. The van der Waals surface area contributed by atoms with Crippen LogP contribution in [0.3, 0.4) is 0 Å². The first kappa shape index (κ1) is 34.0. The summed E-state index contributed by atoms with van der Waals surface area (Å²) in [5.74, 6) is 0. The standard InChI is InChI=1S/C18H16Si.3C3H9P.Mo/c1-4-10-16(11-5-1)19(17-12-6-2-7-13-17)18-14-8-3-9-15-18;3*1-4(2)3;/h1-15,19H;3*1-3H3;/p+3. The largest absolute Gasteiger partial charge is 0.132 e. The van der Waals surface area contributed by atoms with Crippen LogP contribution in [0.2, 0.25) is 0 Å². The molecule has 0 N–H and O–H groups in total. The number of hydrogen-bond donors (Lipinski definition) is 0. The predicted octanol–water partition coefficient (Wildman–Crippen LogP) is 5.20. The smallest absolute Gasteiger partial charge is 0.0625 e. The molecule has 176 valence electrons. The van der Waals surface area contributed by atoms with Crippen molar-refractivity contribution in [1.29, 1.82) is 0 Å². The van der Waals surface area contributed by atoms with Crippen molar-refractivity contribution in [2.24, 2.45) is 0 Å². The summed E-state index contributed by atoms with van der Waals surface area (Å²) in [6.45, 7) is 20.4. The van der Waals surface area contributed by atoms with Crippen molar-refractivity contribution in [3.8, 4) is 0 Å². The van der Waals surface area contributed by atoms with Gasteiger partial charge in [-0.05, 0) is 23.8 Å². The molecule has 3 rings (SSSR count). The van der Waals surface area contributed by atoms with Gasteiger partial charge in [-0.3, -0.25) is 0 Å². The van der Waals surface area contributed by atoms with Gasteiger partial charge in [0.15, 0.2) is 0 Å². The molecule has 0 amide bonds. The van der Waals surface area contributed by atoms with Gasteiger partial charge in [-0.15, -0.1) is 0 Å². The van der Waals surface area contributed by atoms with Crippen LogP contribution in [0.1, 0.15) is 0 Å². The van der Waals surface area contributed by atoms with Crippen LogP contribution in [0.4, 0.5) is 0 Å². The fraction of sp³-hybridized carbons (Fsp3) is 0.333. The molecule has 3 aromatic rings. The fourth-order valence-electron chi connectivity index (χ4n) is 2.51. The first-order valence-corrected chi connectivity index (χ1v) is 21.8. The molecule has 0 heterocycles. The molecule has 0 aliphatic rings.